The Hall–Kier alpha value is -2.45. The van der Waals surface area contributed by atoms with Crippen molar-refractivity contribution in [3.05, 3.63) is 88.6 Å². The Morgan fingerprint density at radius 3 is 1.71 bits per heavy atom. The lowest BCUT2D eigenvalue weighted by Gasteiger charge is -2.33. The zero-order valence-corrected chi connectivity index (χ0v) is 25.7. The molecule has 6 heteroatoms. The molecule has 0 spiro atoms. The molecule has 0 rings (SSSR count). The van der Waals surface area contributed by atoms with Crippen molar-refractivity contribution in [2.45, 2.75) is 86.6 Å². The molecule has 0 saturated heterocycles. The molecule has 2 unspecified atom stereocenters. The second-order valence-electron chi connectivity index (χ2n) is 10.5. The van der Waals surface area contributed by atoms with E-state index in [0.29, 0.717) is 13.0 Å². The second kappa shape index (κ2) is 21.5. The van der Waals surface area contributed by atoms with E-state index in [1.54, 1.807) is 6.47 Å². The number of allylic oxidation sites excluding steroid dienone is 7. The molecule has 0 saturated carbocycles. The van der Waals surface area contributed by atoms with Gasteiger partial charge in [-0.25, -0.2) is 4.79 Å². The van der Waals surface area contributed by atoms with Gasteiger partial charge in [0.1, 0.15) is 6.10 Å². The summed E-state index contributed by atoms with van der Waals surface area (Å²) in [7, 11) is -3.55. The lowest BCUT2D eigenvalue weighted by molar-refractivity contribution is -0.143. The van der Waals surface area contributed by atoms with E-state index >= 15 is 0 Å². The van der Waals surface area contributed by atoms with Crippen molar-refractivity contribution in [2.75, 3.05) is 6.61 Å². The Bertz CT molecular complexity index is 720. The summed E-state index contributed by atoms with van der Waals surface area (Å²) in [4.78, 5) is 23.7. The molecule has 0 aromatic heterocycles. The summed E-state index contributed by atoms with van der Waals surface area (Å²) in [5.74, 6) is 0.0961. The molecular formula is C32H51O4Si2. The first-order valence-corrected chi connectivity index (χ1v) is 19.4. The fourth-order valence-corrected chi connectivity index (χ4v) is 13.1. The van der Waals surface area contributed by atoms with Gasteiger partial charge >= 0.3 is 12.4 Å². The summed E-state index contributed by atoms with van der Waals surface area (Å²) in [5, 5.41) is 0. The van der Waals surface area contributed by atoms with E-state index < -0.39 is 16.1 Å². The lowest BCUT2D eigenvalue weighted by atomic mass is 9.92. The van der Waals surface area contributed by atoms with Crippen LogP contribution in [0.15, 0.2) is 88.6 Å². The molecule has 0 bridgehead atoms. The van der Waals surface area contributed by atoms with Crippen LogP contribution in [0.5, 0.6) is 0 Å². The topological polar surface area (TPSA) is 52.6 Å². The molecule has 0 aliphatic rings. The third kappa shape index (κ3) is 14.5. The second-order valence-corrected chi connectivity index (χ2v) is 19.8. The number of carbonyl (C=O) groups is 1. The van der Waals surface area contributed by atoms with Crippen LogP contribution in [-0.4, -0.2) is 41.3 Å². The molecule has 0 fully saturated rings. The van der Waals surface area contributed by atoms with Gasteiger partial charge in [-0.15, -0.1) is 46.1 Å². The summed E-state index contributed by atoms with van der Waals surface area (Å²) in [6.45, 7) is 29.6. The lowest BCUT2D eigenvalue weighted by Crippen LogP contribution is -2.38. The maximum atomic E-state index is 12.5. The van der Waals surface area contributed by atoms with Crippen LogP contribution in [0.3, 0.4) is 0 Å². The number of esters is 1. The number of hydrogen-bond acceptors (Lipinski definition) is 4. The van der Waals surface area contributed by atoms with Crippen molar-refractivity contribution in [3.63, 3.8) is 0 Å². The van der Waals surface area contributed by atoms with Crippen molar-refractivity contribution in [2.24, 2.45) is 5.92 Å². The molecule has 211 valence electrons. The van der Waals surface area contributed by atoms with Gasteiger partial charge in [-0.2, -0.15) is 0 Å². The highest BCUT2D eigenvalue weighted by atomic mass is 28.3. The Kier molecular flexibility index (Phi) is 20.1. The first-order valence-electron chi connectivity index (χ1n) is 13.8. The van der Waals surface area contributed by atoms with Crippen molar-refractivity contribution in [1.82, 2.24) is 0 Å². The first kappa shape index (κ1) is 35.6. The summed E-state index contributed by atoms with van der Waals surface area (Å²) in [6, 6.07) is 7.33. The van der Waals surface area contributed by atoms with Gasteiger partial charge < -0.3 is 9.47 Å². The zero-order chi connectivity index (χ0) is 28.7. The van der Waals surface area contributed by atoms with Gasteiger partial charge in [0, 0.05) is 6.42 Å². The van der Waals surface area contributed by atoms with Crippen LogP contribution in [0, 0.1) is 5.92 Å². The highest BCUT2D eigenvalue weighted by molar-refractivity contribution is 6.81. The molecule has 0 aliphatic carbocycles. The van der Waals surface area contributed by atoms with E-state index in [4.69, 9.17) is 9.47 Å². The van der Waals surface area contributed by atoms with E-state index in [2.05, 4.69) is 46.1 Å². The van der Waals surface area contributed by atoms with Crippen molar-refractivity contribution >= 4 is 28.6 Å². The average molecular weight is 556 g/mol. The minimum absolute atomic E-state index is 0.163. The fraction of sp³-hybridized carbons (Fsp3) is 0.500. The van der Waals surface area contributed by atoms with E-state index in [1.807, 2.05) is 42.5 Å². The predicted octanol–water partition coefficient (Wildman–Crippen LogP) is 8.75. The first-order chi connectivity index (χ1) is 18.3. The predicted molar refractivity (Wildman–Crippen MR) is 169 cm³/mol. The smallest absolute Gasteiger partial charge is 0.417 e. The molecule has 38 heavy (non-hydrogen) atoms. The van der Waals surface area contributed by atoms with Crippen LogP contribution >= 0.6 is 0 Å². The number of hydrogen-bond donors (Lipinski definition) is 0. The third-order valence-electron chi connectivity index (χ3n) is 7.32. The molecular weight excluding hydrogens is 505 g/mol. The Morgan fingerprint density at radius 1 is 0.763 bits per heavy atom. The van der Waals surface area contributed by atoms with Gasteiger partial charge in [0.25, 0.3) is 0 Å². The molecule has 0 amide bonds. The molecule has 0 aliphatic heterocycles. The van der Waals surface area contributed by atoms with Gasteiger partial charge in [-0.1, -0.05) is 42.5 Å². The van der Waals surface area contributed by atoms with E-state index in [1.165, 1.54) is 0 Å². The number of rotatable bonds is 27. The van der Waals surface area contributed by atoms with Crippen molar-refractivity contribution < 1.29 is 19.1 Å². The van der Waals surface area contributed by atoms with Crippen LogP contribution in [0.1, 0.15) is 32.1 Å². The Balaban J connectivity index is 5.04. The number of carbonyl (C=O) groups excluding carboxylic acids is 2. The maximum Gasteiger partial charge on any atom is 0.417 e. The van der Waals surface area contributed by atoms with Gasteiger partial charge in [0.15, 0.2) is 0 Å². The van der Waals surface area contributed by atoms with E-state index in [-0.39, 0.29) is 18.0 Å². The highest BCUT2D eigenvalue weighted by Crippen LogP contribution is 2.33. The minimum Gasteiger partial charge on any atom is -0.466 e. The molecule has 0 N–H and O–H groups in total. The molecule has 4 nitrogen and oxygen atoms in total. The van der Waals surface area contributed by atoms with Crippen LogP contribution in [0.4, 0.5) is 0 Å². The number of ether oxygens (including phenoxy) is 2. The monoisotopic (exact) mass is 555 g/mol. The summed E-state index contributed by atoms with van der Waals surface area (Å²) < 4.78 is 11.1. The molecule has 0 aromatic carbocycles. The maximum absolute atomic E-state index is 12.5. The molecule has 0 aromatic rings. The largest absolute Gasteiger partial charge is 0.466 e. The molecule has 1 radical (unpaired) electrons. The van der Waals surface area contributed by atoms with Crippen LogP contribution in [0.2, 0.25) is 48.4 Å². The van der Waals surface area contributed by atoms with E-state index in [0.717, 1.165) is 74.0 Å². The third-order valence-corrected chi connectivity index (χ3v) is 16.8. The minimum atomic E-state index is -1.86. The molecule has 2 atom stereocenters. The van der Waals surface area contributed by atoms with E-state index in [9.17, 15) is 9.59 Å². The van der Waals surface area contributed by atoms with Gasteiger partial charge in [0.05, 0.1) is 22.8 Å². The summed E-state index contributed by atoms with van der Waals surface area (Å²) in [6.07, 6.45) is 16.9. The Labute approximate surface area is 235 Å². The van der Waals surface area contributed by atoms with Gasteiger partial charge in [-0.3, -0.25) is 4.79 Å². The standard InChI is InChI=1S/C32H51O4Si2/c1-8-16-30(27-31(36-29-33)28-38(23-12-5,24-13-6)25-14-7)17-15-18-32(34)35-19-26-37(20-9-2,21-10-3)22-11-4/h8-14,30-31H,1-7,15-28H2. The van der Waals surface area contributed by atoms with Crippen LogP contribution in [0.25, 0.3) is 0 Å². The van der Waals surface area contributed by atoms with Crippen molar-refractivity contribution in [3.8, 4) is 0 Å². The quantitative estimate of drug-likeness (QED) is 0.0577. The van der Waals surface area contributed by atoms with Gasteiger partial charge in [-0.05, 0) is 80.0 Å². The SMILES string of the molecule is C=CCC(CCCC(=O)OCC[Si](CC=C)(CC=C)CC=C)CC(C[Si](CC=C)(CC=C)CC=C)O[C]=O. The van der Waals surface area contributed by atoms with Crippen LogP contribution < -0.4 is 0 Å². The highest BCUT2D eigenvalue weighted by Gasteiger charge is 2.34. The fourth-order valence-electron chi connectivity index (χ4n) is 5.55. The van der Waals surface area contributed by atoms with Gasteiger partial charge in [0.2, 0.25) is 0 Å². The summed E-state index contributed by atoms with van der Waals surface area (Å²) in [5.41, 5.74) is 0. The zero-order valence-electron chi connectivity index (χ0n) is 23.7. The van der Waals surface area contributed by atoms with Crippen molar-refractivity contribution in [1.29, 1.82) is 0 Å². The van der Waals surface area contributed by atoms with Crippen LogP contribution in [-0.2, 0) is 19.1 Å². The summed E-state index contributed by atoms with van der Waals surface area (Å²) >= 11 is 0. The normalized spacial score (nSPS) is 12.8. The molecule has 0 heterocycles. The average Bonchev–Trinajstić information content (AvgIpc) is 2.85. The Morgan fingerprint density at radius 2 is 1.26 bits per heavy atom.